The minimum atomic E-state index is -0.271. The van der Waals surface area contributed by atoms with Gasteiger partial charge in [0.1, 0.15) is 0 Å². The Bertz CT molecular complexity index is 297. The highest BCUT2D eigenvalue weighted by atomic mass is 16.1. The molecule has 0 aliphatic carbocycles. The van der Waals surface area contributed by atoms with Gasteiger partial charge in [-0.05, 0) is 25.3 Å². The zero-order valence-electron chi connectivity index (χ0n) is 8.22. The normalized spacial score (nSPS) is 12.8. The van der Waals surface area contributed by atoms with Crippen LogP contribution in [0.25, 0.3) is 0 Å². The fourth-order valence-electron chi connectivity index (χ4n) is 1.69. The third-order valence-corrected chi connectivity index (χ3v) is 2.19. The van der Waals surface area contributed by atoms with Crippen molar-refractivity contribution in [1.29, 1.82) is 0 Å². The third-order valence-electron chi connectivity index (χ3n) is 2.19. The van der Waals surface area contributed by atoms with Gasteiger partial charge in [-0.1, -0.05) is 6.92 Å². The maximum Gasteiger partial charge on any atom is 0.218 e. The lowest BCUT2D eigenvalue weighted by Gasteiger charge is -2.08. The van der Waals surface area contributed by atoms with E-state index in [9.17, 15) is 4.79 Å². The van der Waals surface area contributed by atoms with Gasteiger partial charge in [0.25, 0.3) is 0 Å². The van der Waals surface area contributed by atoms with Crippen molar-refractivity contribution in [3.63, 3.8) is 0 Å². The van der Waals surface area contributed by atoms with Gasteiger partial charge < -0.3 is 5.73 Å². The van der Waals surface area contributed by atoms with Crippen molar-refractivity contribution >= 4 is 5.91 Å². The minimum Gasteiger partial charge on any atom is -0.370 e. The van der Waals surface area contributed by atoms with Crippen molar-refractivity contribution in [2.45, 2.75) is 33.1 Å². The van der Waals surface area contributed by atoms with Crippen molar-refractivity contribution in [2.24, 2.45) is 5.73 Å². The quantitative estimate of drug-likeness (QED) is 0.730. The number of primary amides is 1. The first-order valence-electron chi connectivity index (χ1n) is 4.32. The van der Waals surface area contributed by atoms with Crippen LogP contribution in [0, 0.1) is 13.8 Å². The van der Waals surface area contributed by atoms with Crippen LogP contribution in [0.5, 0.6) is 0 Å². The van der Waals surface area contributed by atoms with E-state index in [-0.39, 0.29) is 11.8 Å². The molecule has 1 amide bonds. The van der Waals surface area contributed by atoms with E-state index in [4.69, 9.17) is 5.73 Å². The summed E-state index contributed by atoms with van der Waals surface area (Å²) in [5.74, 6) is -0.122. The van der Waals surface area contributed by atoms with Gasteiger partial charge in [0.15, 0.2) is 0 Å². The Morgan fingerprint density at radius 2 is 2.23 bits per heavy atom. The number of nitrogens with zero attached hydrogens (tertiary/aromatic N) is 1. The standard InChI is InChI=1S/C9H15N3O/c1-5(4-8(10)13)9-6(2)11-12-7(9)3/h5H,4H2,1-3H3,(H2,10,13)(H,11,12). The van der Waals surface area contributed by atoms with E-state index < -0.39 is 0 Å². The maximum absolute atomic E-state index is 10.7. The molecular weight excluding hydrogens is 166 g/mol. The summed E-state index contributed by atoms with van der Waals surface area (Å²) in [7, 11) is 0. The number of nitrogens with two attached hydrogens (primary N) is 1. The minimum absolute atomic E-state index is 0.149. The summed E-state index contributed by atoms with van der Waals surface area (Å²) in [6, 6.07) is 0. The van der Waals surface area contributed by atoms with Crippen LogP contribution < -0.4 is 5.73 Å². The van der Waals surface area contributed by atoms with E-state index in [1.807, 2.05) is 20.8 Å². The number of aromatic amines is 1. The smallest absolute Gasteiger partial charge is 0.218 e. The lowest BCUT2D eigenvalue weighted by Crippen LogP contribution is -2.14. The molecule has 0 aromatic carbocycles. The molecule has 0 aliphatic rings. The highest BCUT2D eigenvalue weighted by molar-refractivity contribution is 5.74. The predicted octanol–water partition coefficient (Wildman–Crippen LogP) is 1.01. The van der Waals surface area contributed by atoms with Crippen LogP contribution in [0.2, 0.25) is 0 Å². The molecule has 1 heterocycles. The zero-order valence-corrected chi connectivity index (χ0v) is 8.22. The van der Waals surface area contributed by atoms with Crippen LogP contribution in [0.3, 0.4) is 0 Å². The number of hydrogen-bond acceptors (Lipinski definition) is 2. The molecule has 13 heavy (non-hydrogen) atoms. The lowest BCUT2D eigenvalue weighted by molar-refractivity contribution is -0.118. The topological polar surface area (TPSA) is 71.8 Å². The van der Waals surface area contributed by atoms with Crippen LogP contribution in [0.4, 0.5) is 0 Å². The average Bonchev–Trinajstić information content (AvgIpc) is 2.29. The van der Waals surface area contributed by atoms with Gasteiger partial charge in [0, 0.05) is 12.1 Å². The highest BCUT2D eigenvalue weighted by Gasteiger charge is 2.15. The largest absolute Gasteiger partial charge is 0.370 e. The van der Waals surface area contributed by atoms with Crippen molar-refractivity contribution in [3.8, 4) is 0 Å². The van der Waals surface area contributed by atoms with E-state index in [1.165, 1.54) is 0 Å². The second-order valence-corrected chi connectivity index (χ2v) is 3.42. The molecule has 0 bridgehead atoms. The highest BCUT2D eigenvalue weighted by Crippen LogP contribution is 2.23. The van der Waals surface area contributed by atoms with Crippen LogP contribution in [0.15, 0.2) is 0 Å². The van der Waals surface area contributed by atoms with E-state index in [2.05, 4.69) is 10.2 Å². The predicted molar refractivity (Wildman–Crippen MR) is 50.3 cm³/mol. The van der Waals surface area contributed by atoms with E-state index in [0.29, 0.717) is 6.42 Å². The van der Waals surface area contributed by atoms with Gasteiger partial charge in [-0.2, -0.15) is 5.10 Å². The molecule has 4 nitrogen and oxygen atoms in total. The number of rotatable bonds is 3. The number of carbonyl (C=O) groups is 1. The number of hydrogen-bond donors (Lipinski definition) is 2. The number of H-pyrrole nitrogens is 1. The zero-order chi connectivity index (χ0) is 10.0. The summed E-state index contributed by atoms with van der Waals surface area (Å²) in [6.07, 6.45) is 0.376. The summed E-state index contributed by atoms with van der Waals surface area (Å²) >= 11 is 0. The molecule has 0 spiro atoms. The second-order valence-electron chi connectivity index (χ2n) is 3.42. The first-order chi connectivity index (χ1) is 6.02. The summed E-state index contributed by atoms with van der Waals surface area (Å²) in [4.78, 5) is 10.7. The van der Waals surface area contributed by atoms with Gasteiger partial charge in [0.2, 0.25) is 5.91 Å². The molecule has 0 radical (unpaired) electrons. The molecule has 3 N–H and O–H groups in total. The molecule has 4 heteroatoms. The number of nitrogens with one attached hydrogen (secondary N) is 1. The van der Waals surface area contributed by atoms with E-state index in [1.54, 1.807) is 0 Å². The second kappa shape index (κ2) is 3.60. The van der Waals surface area contributed by atoms with Gasteiger partial charge in [-0.25, -0.2) is 0 Å². The van der Waals surface area contributed by atoms with Crippen LogP contribution in [-0.2, 0) is 4.79 Å². The molecule has 1 aromatic heterocycles. The molecule has 0 saturated heterocycles. The van der Waals surface area contributed by atoms with E-state index >= 15 is 0 Å². The Morgan fingerprint density at radius 3 is 2.62 bits per heavy atom. The van der Waals surface area contributed by atoms with Crippen LogP contribution in [0.1, 0.15) is 36.2 Å². The van der Waals surface area contributed by atoms with Gasteiger partial charge in [-0.15, -0.1) is 0 Å². The van der Waals surface area contributed by atoms with Gasteiger partial charge in [-0.3, -0.25) is 9.89 Å². The molecule has 0 saturated carbocycles. The van der Waals surface area contributed by atoms with Crippen molar-refractivity contribution in [2.75, 3.05) is 0 Å². The number of aromatic nitrogens is 2. The summed E-state index contributed by atoms with van der Waals surface area (Å²) in [5.41, 5.74) is 8.21. The molecule has 1 rings (SSSR count). The van der Waals surface area contributed by atoms with E-state index in [0.717, 1.165) is 17.0 Å². The van der Waals surface area contributed by atoms with Crippen LogP contribution in [-0.4, -0.2) is 16.1 Å². The summed E-state index contributed by atoms with van der Waals surface area (Å²) in [6.45, 7) is 5.86. The van der Waals surface area contributed by atoms with Crippen molar-refractivity contribution in [1.82, 2.24) is 10.2 Å². The molecule has 72 valence electrons. The molecular formula is C9H15N3O. The number of carbonyl (C=O) groups excluding carboxylic acids is 1. The first kappa shape index (κ1) is 9.77. The molecule has 0 aliphatic heterocycles. The Morgan fingerprint density at radius 1 is 1.62 bits per heavy atom. The van der Waals surface area contributed by atoms with Crippen LogP contribution >= 0.6 is 0 Å². The number of amides is 1. The molecule has 0 fully saturated rings. The lowest BCUT2D eigenvalue weighted by atomic mass is 9.96. The summed E-state index contributed by atoms with van der Waals surface area (Å²) in [5, 5.41) is 6.96. The van der Waals surface area contributed by atoms with Gasteiger partial charge >= 0.3 is 0 Å². The Hall–Kier alpha value is -1.32. The Labute approximate surface area is 77.5 Å². The molecule has 1 atom stereocenters. The molecule has 1 aromatic rings. The number of aryl methyl sites for hydroxylation is 2. The summed E-state index contributed by atoms with van der Waals surface area (Å²) < 4.78 is 0. The SMILES string of the molecule is Cc1n[nH]c(C)c1C(C)CC(N)=O. The molecule has 1 unspecified atom stereocenters. The van der Waals surface area contributed by atoms with Crippen molar-refractivity contribution in [3.05, 3.63) is 17.0 Å². The monoisotopic (exact) mass is 181 g/mol. The maximum atomic E-state index is 10.7. The fourth-order valence-corrected chi connectivity index (χ4v) is 1.69. The first-order valence-corrected chi connectivity index (χ1v) is 4.32. The average molecular weight is 181 g/mol. The van der Waals surface area contributed by atoms with Gasteiger partial charge in [0.05, 0.1) is 5.69 Å². The van der Waals surface area contributed by atoms with Crippen molar-refractivity contribution < 1.29 is 4.79 Å². The fraction of sp³-hybridized carbons (Fsp3) is 0.556. The third kappa shape index (κ3) is 2.08. The Kier molecular flexibility index (Phi) is 2.70. The Balaban J connectivity index is 2.87.